The molecule has 0 saturated carbocycles. The van der Waals surface area contributed by atoms with Crippen LogP contribution < -0.4 is 4.90 Å². The maximum Gasteiger partial charge on any atom is 0.241 e. The smallest absolute Gasteiger partial charge is 0.241 e. The zero-order chi connectivity index (χ0) is 16.8. The lowest BCUT2D eigenvalue weighted by molar-refractivity contribution is -0.120. The minimum atomic E-state index is 0.0519. The predicted molar refractivity (Wildman–Crippen MR) is 93.6 cm³/mol. The Balaban J connectivity index is 2.11. The molecule has 0 unspecified atom stereocenters. The van der Waals surface area contributed by atoms with Crippen molar-refractivity contribution in [2.24, 2.45) is 5.92 Å². The van der Waals surface area contributed by atoms with Crippen LogP contribution in [0.1, 0.15) is 31.7 Å². The number of aryl methyl sites for hydroxylation is 1. The van der Waals surface area contributed by atoms with Crippen LogP contribution in [0.25, 0.3) is 0 Å². The van der Waals surface area contributed by atoms with Gasteiger partial charge in [-0.2, -0.15) is 5.26 Å². The monoisotopic (exact) mass is 333 g/mol. The Labute approximate surface area is 143 Å². The summed E-state index contributed by atoms with van der Waals surface area (Å²) in [4.78, 5) is 16.7. The predicted octanol–water partition coefficient (Wildman–Crippen LogP) is 3.63. The quantitative estimate of drug-likeness (QED) is 0.826. The molecule has 1 fully saturated rings. The summed E-state index contributed by atoms with van der Waals surface area (Å²) in [6.45, 7) is 6.92. The second-order valence-electron chi connectivity index (χ2n) is 6.37. The average molecular weight is 334 g/mol. The summed E-state index contributed by atoms with van der Waals surface area (Å²) >= 11 is 6.08. The molecule has 0 bridgehead atoms. The molecule has 1 aliphatic rings. The van der Waals surface area contributed by atoms with E-state index in [-0.39, 0.29) is 5.91 Å². The Hall–Kier alpha value is -1.57. The summed E-state index contributed by atoms with van der Waals surface area (Å²) in [7, 11) is 0. The van der Waals surface area contributed by atoms with Gasteiger partial charge < -0.3 is 4.90 Å². The third-order valence-electron chi connectivity index (χ3n) is 4.30. The molecule has 124 valence electrons. The van der Waals surface area contributed by atoms with E-state index in [0.29, 0.717) is 30.5 Å². The van der Waals surface area contributed by atoms with Crippen molar-refractivity contribution in [2.75, 3.05) is 31.1 Å². The SMILES string of the molecule is Cc1cc(N(CCC#N)C(=O)CN2CCC[C@H](C)C2)ccc1Cl. The fourth-order valence-corrected chi connectivity index (χ4v) is 3.18. The third-order valence-corrected chi connectivity index (χ3v) is 4.73. The van der Waals surface area contributed by atoms with Gasteiger partial charge >= 0.3 is 0 Å². The Morgan fingerprint density at radius 1 is 1.52 bits per heavy atom. The van der Waals surface area contributed by atoms with E-state index in [2.05, 4.69) is 17.9 Å². The van der Waals surface area contributed by atoms with E-state index >= 15 is 0 Å². The second-order valence-corrected chi connectivity index (χ2v) is 6.78. The lowest BCUT2D eigenvalue weighted by atomic mass is 10.0. The lowest BCUT2D eigenvalue weighted by Gasteiger charge is -2.32. The molecule has 0 spiro atoms. The van der Waals surface area contributed by atoms with E-state index < -0.39 is 0 Å². The molecule has 4 nitrogen and oxygen atoms in total. The Kier molecular flexibility index (Phi) is 6.44. The number of anilines is 1. The molecular weight excluding hydrogens is 310 g/mol. The average Bonchev–Trinajstić information content (AvgIpc) is 2.51. The van der Waals surface area contributed by atoms with E-state index in [4.69, 9.17) is 16.9 Å². The zero-order valence-corrected chi connectivity index (χ0v) is 14.6. The van der Waals surface area contributed by atoms with E-state index in [1.54, 1.807) is 4.90 Å². The topological polar surface area (TPSA) is 47.3 Å². The van der Waals surface area contributed by atoms with Gasteiger partial charge in [0.2, 0.25) is 5.91 Å². The van der Waals surface area contributed by atoms with Gasteiger partial charge in [-0.15, -0.1) is 0 Å². The molecule has 23 heavy (non-hydrogen) atoms. The fraction of sp³-hybridized carbons (Fsp3) is 0.556. The van der Waals surface area contributed by atoms with Crippen molar-refractivity contribution in [2.45, 2.75) is 33.1 Å². The highest BCUT2D eigenvalue weighted by Crippen LogP contribution is 2.23. The number of piperidine rings is 1. The van der Waals surface area contributed by atoms with Gasteiger partial charge in [-0.1, -0.05) is 18.5 Å². The van der Waals surface area contributed by atoms with Crippen LogP contribution in [0.5, 0.6) is 0 Å². The number of likely N-dealkylation sites (tertiary alicyclic amines) is 1. The standard InChI is InChI=1S/C18H24ClN3O/c1-14-5-3-9-21(12-14)13-18(23)22(10-4-8-20)16-6-7-17(19)15(2)11-16/h6-7,11,14H,3-5,9-10,12-13H2,1-2H3/t14-/m0/s1. The van der Waals surface area contributed by atoms with Crippen molar-refractivity contribution < 1.29 is 4.79 Å². The lowest BCUT2D eigenvalue weighted by Crippen LogP contribution is -2.44. The molecule has 2 rings (SSSR count). The molecular formula is C18H24ClN3O. The van der Waals surface area contributed by atoms with E-state index in [0.717, 1.165) is 30.8 Å². The zero-order valence-electron chi connectivity index (χ0n) is 13.9. The first kappa shape index (κ1) is 17.8. The van der Waals surface area contributed by atoms with Crippen LogP contribution in [0.4, 0.5) is 5.69 Å². The Morgan fingerprint density at radius 3 is 2.96 bits per heavy atom. The summed E-state index contributed by atoms with van der Waals surface area (Å²) in [5, 5.41) is 9.57. The minimum absolute atomic E-state index is 0.0519. The largest absolute Gasteiger partial charge is 0.310 e. The van der Waals surface area contributed by atoms with Gasteiger partial charge in [0.25, 0.3) is 0 Å². The molecule has 5 heteroatoms. The maximum atomic E-state index is 12.8. The number of nitriles is 1. The molecule has 1 aromatic rings. The van der Waals surface area contributed by atoms with Crippen LogP contribution in [-0.4, -0.2) is 37.0 Å². The molecule has 0 radical (unpaired) electrons. The third kappa shape index (κ3) is 4.95. The van der Waals surface area contributed by atoms with Crippen molar-refractivity contribution in [3.8, 4) is 6.07 Å². The molecule has 0 N–H and O–H groups in total. The van der Waals surface area contributed by atoms with Crippen molar-refractivity contribution in [1.29, 1.82) is 5.26 Å². The van der Waals surface area contributed by atoms with Crippen molar-refractivity contribution in [3.63, 3.8) is 0 Å². The number of halogens is 1. The van der Waals surface area contributed by atoms with Crippen LogP contribution in [0, 0.1) is 24.2 Å². The van der Waals surface area contributed by atoms with Gasteiger partial charge in [0.1, 0.15) is 0 Å². The molecule has 1 saturated heterocycles. The summed E-state index contributed by atoms with van der Waals surface area (Å²) in [5.74, 6) is 0.693. The number of amides is 1. The highest BCUT2D eigenvalue weighted by molar-refractivity contribution is 6.31. The molecule has 1 amide bonds. The number of nitrogens with zero attached hydrogens (tertiary/aromatic N) is 3. The highest BCUT2D eigenvalue weighted by Gasteiger charge is 2.22. The summed E-state index contributed by atoms with van der Waals surface area (Å²) in [5.41, 5.74) is 1.75. The van der Waals surface area contributed by atoms with Crippen LogP contribution in [-0.2, 0) is 4.79 Å². The summed E-state index contributed by atoms with van der Waals surface area (Å²) in [6, 6.07) is 7.70. The fourth-order valence-electron chi connectivity index (χ4n) is 3.06. The maximum absolute atomic E-state index is 12.8. The van der Waals surface area contributed by atoms with Gasteiger partial charge in [0.05, 0.1) is 19.0 Å². The van der Waals surface area contributed by atoms with Gasteiger partial charge in [0, 0.05) is 23.8 Å². The number of rotatable bonds is 5. The molecule has 1 heterocycles. The summed E-state index contributed by atoms with van der Waals surface area (Å²) < 4.78 is 0. The van der Waals surface area contributed by atoms with E-state index in [1.807, 2.05) is 25.1 Å². The van der Waals surface area contributed by atoms with Crippen LogP contribution in [0.2, 0.25) is 5.02 Å². The molecule has 0 aromatic heterocycles. The second kappa shape index (κ2) is 8.33. The number of carbonyl (C=O) groups excluding carboxylic acids is 1. The summed E-state index contributed by atoms with van der Waals surface area (Å²) in [6.07, 6.45) is 2.70. The highest BCUT2D eigenvalue weighted by atomic mass is 35.5. The van der Waals surface area contributed by atoms with Crippen LogP contribution >= 0.6 is 11.6 Å². The van der Waals surface area contributed by atoms with Crippen LogP contribution in [0.3, 0.4) is 0 Å². The number of benzene rings is 1. The van der Waals surface area contributed by atoms with Gasteiger partial charge in [0.15, 0.2) is 0 Å². The molecule has 1 aliphatic heterocycles. The van der Waals surface area contributed by atoms with Crippen LogP contribution in [0.15, 0.2) is 18.2 Å². The van der Waals surface area contributed by atoms with Crippen molar-refractivity contribution in [1.82, 2.24) is 4.90 Å². The van der Waals surface area contributed by atoms with Crippen molar-refractivity contribution >= 4 is 23.2 Å². The number of hydrogen-bond acceptors (Lipinski definition) is 3. The van der Waals surface area contributed by atoms with E-state index in [1.165, 1.54) is 6.42 Å². The minimum Gasteiger partial charge on any atom is -0.310 e. The molecule has 1 aromatic carbocycles. The molecule has 1 atom stereocenters. The first-order chi connectivity index (χ1) is 11.0. The van der Waals surface area contributed by atoms with Gasteiger partial charge in [-0.05, 0) is 56.0 Å². The molecule has 0 aliphatic carbocycles. The van der Waals surface area contributed by atoms with E-state index in [9.17, 15) is 4.79 Å². The number of hydrogen-bond donors (Lipinski definition) is 0. The van der Waals surface area contributed by atoms with Gasteiger partial charge in [-0.3, -0.25) is 9.69 Å². The first-order valence-corrected chi connectivity index (χ1v) is 8.55. The van der Waals surface area contributed by atoms with Gasteiger partial charge in [-0.25, -0.2) is 0 Å². The number of carbonyl (C=O) groups is 1. The Morgan fingerprint density at radius 2 is 2.30 bits per heavy atom. The first-order valence-electron chi connectivity index (χ1n) is 8.17. The van der Waals surface area contributed by atoms with Crippen molar-refractivity contribution in [3.05, 3.63) is 28.8 Å². The normalized spacial score (nSPS) is 18.4. The Bertz CT molecular complexity index is 596.